The normalized spacial score (nSPS) is 27.2. The molecule has 2 unspecified atom stereocenters. The summed E-state index contributed by atoms with van der Waals surface area (Å²) < 4.78 is 0. The molecule has 2 rings (SSSR count). The molecule has 1 fully saturated rings. The summed E-state index contributed by atoms with van der Waals surface area (Å²) in [5.74, 6) is 3.50. The second-order valence-corrected chi connectivity index (χ2v) is 7.40. The van der Waals surface area contributed by atoms with Gasteiger partial charge in [-0.05, 0) is 66.9 Å². The first-order valence-electron chi connectivity index (χ1n) is 9.03. The lowest BCUT2D eigenvalue weighted by atomic mass is 9.83. The Kier molecular flexibility index (Phi) is 7.73. The van der Waals surface area contributed by atoms with Crippen molar-refractivity contribution in [1.29, 1.82) is 0 Å². The first-order valence-corrected chi connectivity index (χ1v) is 9.03. The van der Waals surface area contributed by atoms with Crippen LogP contribution < -0.4 is 0 Å². The van der Waals surface area contributed by atoms with Gasteiger partial charge in [0.05, 0.1) is 0 Å². The van der Waals surface area contributed by atoms with Crippen LogP contribution in [-0.4, -0.2) is 5.48 Å². The minimum Gasteiger partial charge on any atom is -0.412 e. The van der Waals surface area contributed by atoms with E-state index in [-0.39, 0.29) is 5.48 Å². The van der Waals surface area contributed by atoms with E-state index in [4.69, 9.17) is 0 Å². The number of fused-ring (bicyclic) bond motifs is 1. The summed E-state index contributed by atoms with van der Waals surface area (Å²) >= 11 is 0. The molecule has 0 aliphatic heterocycles. The molecule has 0 heterocycles. The summed E-state index contributed by atoms with van der Waals surface area (Å²) in [5, 5.41) is 0. The average molecular weight is 293 g/mol. The van der Waals surface area contributed by atoms with E-state index >= 15 is 0 Å². The highest BCUT2D eigenvalue weighted by atomic mass is 16.0. The Morgan fingerprint density at radius 2 is 1.67 bits per heavy atom. The zero-order chi connectivity index (χ0) is 14.5. The maximum Gasteiger partial charge on any atom is -0.0157 e. The third-order valence-corrected chi connectivity index (χ3v) is 5.79. The summed E-state index contributed by atoms with van der Waals surface area (Å²) in [7, 11) is 0. The molecular formula is C20H36O. The Labute approximate surface area is 132 Å². The van der Waals surface area contributed by atoms with Crippen LogP contribution in [-0.2, 0) is 0 Å². The Morgan fingerprint density at radius 1 is 1.05 bits per heavy atom. The van der Waals surface area contributed by atoms with Gasteiger partial charge in [0.2, 0.25) is 0 Å². The van der Waals surface area contributed by atoms with E-state index < -0.39 is 0 Å². The molecule has 0 spiro atoms. The Morgan fingerprint density at radius 3 is 2.33 bits per heavy atom. The maximum atomic E-state index is 2.55. The van der Waals surface area contributed by atoms with Gasteiger partial charge in [-0.2, -0.15) is 0 Å². The fourth-order valence-electron chi connectivity index (χ4n) is 4.11. The molecule has 2 aliphatic carbocycles. The van der Waals surface area contributed by atoms with Crippen LogP contribution in [0, 0.1) is 23.7 Å². The van der Waals surface area contributed by atoms with Crippen LogP contribution in [0.3, 0.4) is 0 Å². The minimum atomic E-state index is 0. The maximum absolute atomic E-state index is 2.55. The van der Waals surface area contributed by atoms with Gasteiger partial charge in [-0.1, -0.05) is 59.1 Å². The monoisotopic (exact) mass is 292 g/mol. The number of hydrogen-bond donors (Lipinski definition) is 0. The molecule has 2 aliphatic rings. The first kappa shape index (κ1) is 18.5. The van der Waals surface area contributed by atoms with Crippen molar-refractivity contribution in [3.05, 3.63) is 23.3 Å². The molecule has 1 saturated carbocycles. The van der Waals surface area contributed by atoms with Gasteiger partial charge in [0.25, 0.3) is 0 Å². The zero-order valence-corrected chi connectivity index (χ0v) is 14.6. The quantitative estimate of drug-likeness (QED) is 0.576. The van der Waals surface area contributed by atoms with Gasteiger partial charge in [-0.25, -0.2) is 0 Å². The first-order chi connectivity index (χ1) is 9.63. The molecule has 0 aromatic rings. The summed E-state index contributed by atoms with van der Waals surface area (Å²) in [5.41, 5.74) is 3.44. The van der Waals surface area contributed by atoms with E-state index in [0.29, 0.717) is 0 Å². The Balaban J connectivity index is 0.00000220. The van der Waals surface area contributed by atoms with Crippen LogP contribution >= 0.6 is 0 Å². The molecule has 0 aromatic heterocycles. The van der Waals surface area contributed by atoms with Crippen LogP contribution in [0.15, 0.2) is 23.3 Å². The van der Waals surface area contributed by atoms with E-state index in [9.17, 15) is 0 Å². The van der Waals surface area contributed by atoms with Gasteiger partial charge in [0.1, 0.15) is 0 Å². The summed E-state index contributed by atoms with van der Waals surface area (Å²) in [6, 6.07) is 0. The van der Waals surface area contributed by atoms with E-state index in [0.717, 1.165) is 23.7 Å². The highest BCUT2D eigenvalue weighted by Gasteiger charge is 2.31. The lowest BCUT2D eigenvalue weighted by molar-refractivity contribution is 0.312. The molecule has 0 amide bonds. The fraction of sp³-hybridized carbons (Fsp3) is 0.800. The van der Waals surface area contributed by atoms with Crippen molar-refractivity contribution in [2.24, 2.45) is 23.7 Å². The molecule has 0 bridgehead atoms. The van der Waals surface area contributed by atoms with Gasteiger partial charge in [0, 0.05) is 0 Å². The van der Waals surface area contributed by atoms with Crippen molar-refractivity contribution in [3.63, 3.8) is 0 Å². The number of allylic oxidation sites excluding steroid dienone is 4. The standard InChI is InChI=1S/C20H34.H2O/c1-5-6-9-15(2)16(3)12-13-18-14-17(4)19-10-7-8-11-20(18)19;/h10-11,15-18H,5-9,12-14H2,1-4H3;1H2/t15-,16?,17?,18+;/m1./s1. The molecule has 0 radical (unpaired) electrons. The van der Waals surface area contributed by atoms with Crippen molar-refractivity contribution in [3.8, 4) is 0 Å². The van der Waals surface area contributed by atoms with Gasteiger partial charge in [-0.3, -0.25) is 0 Å². The topological polar surface area (TPSA) is 31.5 Å². The molecule has 0 saturated heterocycles. The van der Waals surface area contributed by atoms with E-state index in [2.05, 4.69) is 39.8 Å². The van der Waals surface area contributed by atoms with Gasteiger partial charge in [0.15, 0.2) is 0 Å². The molecule has 1 nitrogen and oxygen atoms in total. The summed E-state index contributed by atoms with van der Waals surface area (Å²) in [4.78, 5) is 0. The SMILES string of the molecule is CCCC[C@@H](C)C(C)CC[C@H]1CC(C)C2=CCCC=C21.O. The Hall–Kier alpha value is -0.560. The van der Waals surface area contributed by atoms with Crippen LogP contribution in [0.1, 0.15) is 79.1 Å². The van der Waals surface area contributed by atoms with Gasteiger partial charge in [-0.15, -0.1) is 0 Å². The summed E-state index contributed by atoms with van der Waals surface area (Å²) in [6.45, 7) is 9.67. The minimum absolute atomic E-state index is 0. The van der Waals surface area contributed by atoms with Crippen LogP contribution in [0.25, 0.3) is 0 Å². The third-order valence-electron chi connectivity index (χ3n) is 5.79. The van der Waals surface area contributed by atoms with Crippen molar-refractivity contribution in [1.82, 2.24) is 0 Å². The molecule has 4 atom stereocenters. The largest absolute Gasteiger partial charge is 0.412 e. The zero-order valence-electron chi connectivity index (χ0n) is 14.6. The van der Waals surface area contributed by atoms with Crippen molar-refractivity contribution < 1.29 is 5.48 Å². The van der Waals surface area contributed by atoms with E-state index in [1.807, 2.05) is 0 Å². The summed E-state index contributed by atoms with van der Waals surface area (Å²) in [6.07, 6.45) is 16.1. The van der Waals surface area contributed by atoms with Crippen LogP contribution in [0.5, 0.6) is 0 Å². The predicted molar refractivity (Wildman–Crippen MR) is 93.4 cm³/mol. The smallest absolute Gasteiger partial charge is 0.0157 e. The lowest BCUT2D eigenvalue weighted by Gasteiger charge is -2.22. The fourth-order valence-corrected chi connectivity index (χ4v) is 4.11. The van der Waals surface area contributed by atoms with Gasteiger partial charge < -0.3 is 5.48 Å². The number of hydrogen-bond acceptors (Lipinski definition) is 0. The van der Waals surface area contributed by atoms with Crippen molar-refractivity contribution in [2.45, 2.75) is 79.1 Å². The predicted octanol–water partition coefficient (Wildman–Crippen LogP) is 5.71. The second-order valence-electron chi connectivity index (χ2n) is 7.40. The number of unbranched alkanes of at least 4 members (excludes halogenated alkanes) is 1. The van der Waals surface area contributed by atoms with Crippen LogP contribution in [0.4, 0.5) is 0 Å². The molecule has 2 N–H and O–H groups in total. The highest BCUT2D eigenvalue weighted by Crippen LogP contribution is 2.45. The van der Waals surface area contributed by atoms with E-state index in [1.54, 1.807) is 11.1 Å². The van der Waals surface area contributed by atoms with Gasteiger partial charge >= 0.3 is 0 Å². The second kappa shape index (κ2) is 8.78. The molecule has 0 aromatic carbocycles. The molecule has 122 valence electrons. The molecule has 1 heteroatoms. The van der Waals surface area contributed by atoms with E-state index in [1.165, 1.54) is 51.4 Å². The average Bonchev–Trinajstić information content (AvgIpc) is 2.79. The molecule has 21 heavy (non-hydrogen) atoms. The third kappa shape index (κ3) is 4.71. The van der Waals surface area contributed by atoms with Crippen molar-refractivity contribution in [2.75, 3.05) is 0 Å². The highest BCUT2D eigenvalue weighted by molar-refractivity contribution is 5.41. The van der Waals surface area contributed by atoms with Crippen LogP contribution in [0.2, 0.25) is 0 Å². The Bertz CT molecular complexity index is 366. The van der Waals surface area contributed by atoms with Crippen molar-refractivity contribution >= 4 is 0 Å². The number of rotatable bonds is 7. The molecular weight excluding hydrogens is 256 g/mol. The lowest BCUT2D eigenvalue weighted by Crippen LogP contribution is -2.10.